The Morgan fingerprint density at radius 2 is 1.55 bits per heavy atom. The molecule has 0 atom stereocenters. The van der Waals surface area contributed by atoms with E-state index in [9.17, 15) is 26.3 Å². The van der Waals surface area contributed by atoms with Gasteiger partial charge in [-0.3, -0.25) is 0 Å². The van der Waals surface area contributed by atoms with Crippen LogP contribution in [0.4, 0.5) is 26.3 Å². The molecular weight excluding hydrogens is 308 g/mol. The largest absolute Gasteiger partial charge is 0.430 e. The van der Waals surface area contributed by atoms with Crippen LogP contribution in [0.3, 0.4) is 0 Å². The van der Waals surface area contributed by atoms with E-state index in [4.69, 9.17) is 0 Å². The highest BCUT2D eigenvalue weighted by atomic mass is 32.1. The Hall–Kier alpha value is -1.77. The number of alkyl halides is 6. The van der Waals surface area contributed by atoms with E-state index in [-0.39, 0.29) is 5.19 Å². The third-order valence-corrected chi connectivity index (χ3v) is 2.78. The van der Waals surface area contributed by atoms with Crippen LogP contribution in [0.2, 0.25) is 0 Å². The minimum absolute atomic E-state index is 0.354. The Labute approximate surface area is 112 Å². The molecule has 0 aliphatic rings. The summed E-state index contributed by atoms with van der Waals surface area (Å²) in [5.74, 6) is -1.31. The summed E-state index contributed by atoms with van der Waals surface area (Å²) >= 11 is 0.733. The van der Waals surface area contributed by atoms with Gasteiger partial charge < -0.3 is 4.74 Å². The summed E-state index contributed by atoms with van der Waals surface area (Å²) in [5.41, 5.74) is -3.02. The van der Waals surface area contributed by atoms with Crippen molar-refractivity contribution in [2.24, 2.45) is 0 Å². The summed E-state index contributed by atoms with van der Waals surface area (Å²) in [5, 5.41) is 0.894. The third-order valence-electron chi connectivity index (χ3n) is 2.18. The van der Waals surface area contributed by atoms with Gasteiger partial charge in [-0.1, -0.05) is 17.4 Å². The molecule has 0 saturated carbocycles. The van der Waals surface area contributed by atoms with Crippen LogP contribution in [0.15, 0.2) is 23.6 Å². The van der Waals surface area contributed by atoms with Gasteiger partial charge in [0.2, 0.25) is 0 Å². The van der Waals surface area contributed by atoms with Crippen LogP contribution in [0.5, 0.6) is 10.9 Å². The first-order valence-electron chi connectivity index (χ1n) is 4.96. The maximum absolute atomic E-state index is 12.8. The summed E-state index contributed by atoms with van der Waals surface area (Å²) in [7, 11) is 0. The Kier molecular flexibility index (Phi) is 3.63. The van der Waals surface area contributed by atoms with Gasteiger partial charge in [0.25, 0.3) is 5.19 Å². The van der Waals surface area contributed by atoms with Gasteiger partial charge in [0.1, 0.15) is 6.20 Å². The van der Waals surface area contributed by atoms with Gasteiger partial charge in [-0.25, -0.2) is 4.98 Å². The zero-order valence-corrected chi connectivity index (χ0v) is 10.2. The number of hydrogen-bond acceptors (Lipinski definition) is 3. The van der Waals surface area contributed by atoms with Crippen LogP contribution in [-0.2, 0) is 12.4 Å². The number of rotatable bonds is 2. The molecule has 2 aromatic rings. The Morgan fingerprint density at radius 1 is 1.00 bits per heavy atom. The van der Waals surface area contributed by atoms with E-state index in [0.29, 0.717) is 18.2 Å². The van der Waals surface area contributed by atoms with Crippen molar-refractivity contribution in [1.29, 1.82) is 0 Å². The second-order valence-electron chi connectivity index (χ2n) is 3.52. The van der Waals surface area contributed by atoms with Crippen LogP contribution >= 0.6 is 11.3 Å². The van der Waals surface area contributed by atoms with E-state index >= 15 is 0 Å². The molecule has 1 radical (unpaired) electrons. The highest BCUT2D eigenvalue weighted by molar-refractivity contribution is 7.11. The molecule has 0 spiro atoms. The Bertz CT molecular complexity index is 558. The smallest absolute Gasteiger partial charge is 0.420 e. The van der Waals surface area contributed by atoms with Crippen LogP contribution in [0.25, 0.3) is 0 Å². The van der Waals surface area contributed by atoms with Gasteiger partial charge in [-0.2, -0.15) is 26.3 Å². The van der Waals surface area contributed by atoms with Crippen molar-refractivity contribution < 1.29 is 31.1 Å². The molecular formula is C11H4F6NOS. The van der Waals surface area contributed by atoms with E-state index in [1.807, 2.05) is 0 Å². The maximum Gasteiger partial charge on any atom is 0.420 e. The summed E-state index contributed by atoms with van der Waals surface area (Å²) in [6.45, 7) is 0. The van der Waals surface area contributed by atoms with Gasteiger partial charge in [-0.15, -0.1) is 0 Å². The lowest BCUT2D eigenvalue weighted by Crippen LogP contribution is -2.13. The second-order valence-corrected chi connectivity index (χ2v) is 4.34. The number of aromatic nitrogens is 1. The highest BCUT2D eigenvalue weighted by Gasteiger charge is 2.42. The van der Waals surface area contributed by atoms with Gasteiger partial charge in [0.15, 0.2) is 5.75 Å². The molecule has 1 aromatic carbocycles. The van der Waals surface area contributed by atoms with Crippen molar-refractivity contribution in [3.63, 3.8) is 0 Å². The van der Waals surface area contributed by atoms with E-state index < -0.39 is 29.2 Å². The van der Waals surface area contributed by atoms with Crippen molar-refractivity contribution >= 4 is 11.3 Å². The molecule has 0 amide bonds. The highest BCUT2D eigenvalue weighted by Crippen LogP contribution is 2.45. The molecule has 0 N–H and O–H groups in total. The molecule has 0 bridgehead atoms. The lowest BCUT2D eigenvalue weighted by Gasteiger charge is -2.17. The maximum atomic E-state index is 12.8. The first-order valence-corrected chi connectivity index (χ1v) is 5.84. The average molecular weight is 312 g/mol. The van der Waals surface area contributed by atoms with E-state index in [2.05, 4.69) is 15.9 Å². The Balaban J connectivity index is 2.59. The van der Waals surface area contributed by atoms with Gasteiger partial charge in [0, 0.05) is 5.38 Å². The molecule has 20 heavy (non-hydrogen) atoms. The number of thiazole rings is 1. The van der Waals surface area contributed by atoms with E-state index in [0.717, 1.165) is 11.3 Å². The van der Waals surface area contributed by atoms with Crippen molar-refractivity contribution in [1.82, 2.24) is 4.98 Å². The third kappa shape index (κ3) is 3.03. The number of para-hydroxylation sites is 1. The minimum Gasteiger partial charge on any atom is -0.430 e. The molecule has 1 aromatic heterocycles. The molecule has 107 valence electrons. The first kappa shape index (κ1) is 14.6. The number of halogens is 6. The number of hydrogen-bond donors (Lipinski definition) is 0. The fourth-order valence-corrected chi connectivity index (χ4v) is 1.85. The van der Waals surface area contributed by atoms with Crippen LogP contribution in [-0.4, -0.2) is 4.98 Å². The average Bonchev–Trinajstić information content (AvgIpc) is 2.79. The molecule has 2 nitrogen and oxygen atoms in total. The van der Waals surface area contributed by atoms with E-state index in [1.165, 1.54) is 5.38 Å². The normalized spacial score (nSPS) is 12.5. The molecule has 9 heteroatoms. The van der Waals surface area contributed by atoms with Crippen LogP contribution in [0.1, 0.15) is 11.1 Å². The minimum atomic E-state index is -4.97. The van der Waals surface area contributed by atoms with Crippen LogP contribution < -0.4 is 4.74 Å². The standard InChI is InChI=1S/C11H4F6NOS/c12-10(13,14)6-2-1-3-7(11(15,16)17)8(6)19-9-18-4-5-20-9/h1-3,5H. The van der Waals surface area contributed by atoms with Crippen molar-refractivity contribution in [2.45, 2.75) is 12.4 Å². The van der Waals surface area contributed by atoms with Crippen LogP contribution in [0, 0.1) is 6.20 Å². The van der Waals surface area contributed by atoms with Crippen molar-refractivity contribution in [2.75, 3.05) is 0 Å². The quantitative estimate of drug-likeness (QED) is 0.745. The lowest BCUT2D eigenvalue weighted by atomic mass is 10.1. The molecule has 0 aliphatic carbocycles. The van der Waals surface area contributed by atoms with Gasteiger partial charge in [-0.05, 0) is 12.1 Å². The van der Waals surface area contributed by atoms with Gasteiger partial charge >= 0.3 is 12.4 Å². The molecule has 0 unspecified atom stereocenters. The molecule has 1 heterocycles. The predicted octanol–water partition coefficient (Wildman–Crippen LogP) is 4.77. The molecule has 0 fully saturated rings. The fourth-order valence-electron chi connectivity index (χ4n) is 1.41. The Morgan fingerprint density at radius 3 is 1.95 bits per heavy atom. The van der Waals surface area contributed by atoms with E-state index in [1.54, 1.807) is 0 Å². The zero-order valence-electron chi connectivity index (χ0n) is 9.34. The van der Waals surface area contributed by atoms with Crippen molar-refractivity contribution in [3.05, 3.63) is 40.9 Å². The number of benzene rings is 1. The second kappa shape index (κ2) is 4.97. The molecule has 2 rings (SSSR count). The number of ether oxygens (including phenoxy) is 1. The molecule has 0 aliphatic heterocycles. The summed E-state index contributed by atoms with van der Waals surface area (Å²) < 4.78 is 81.3. The lowest BCUT2D eigenvalue weighted by molar-refractivity contribution is -0.144. The first-order chi connectivity index (χ1) is 9.19. The predicted molar refractivity (Wildman–Crippen MR) is 57.5 cm³/mol. The zero-order chi connectivity index (χ0) is 15.0. The fraction of sp³-hybridized carbons (Fsp3) is 0.182. The van der Waals surface area contributed by atoms with Gasteiger partial charge in [0.05, 0.1) is 11.1 Å². The SMILES string of the molecule is FC(F)(F)c1cccc(C(F)(F)F)c1Oc1n[c]cs1. The number of nitrogens with zero attached hydrogens (tertiary/aromatic N) is 1. The molecule has 0 saturated heterocycles. The summed E-state index contributed by atoms with van der Waals surface area (Å²) in [4.78, 5) is 3.39. The summed E-state index contributed by atoms with van der Waals surface area (Å²) in [6.07, 6.45) is -7.70. The monoisotopic (exact) mass is 312 g/mol. The van der Waals surface area contributed by atoms with Crippen molar-refractivity contribution in [3.8, 4) is 10.9 Å². The topological polar surface area (TPSA) is 22.1 Å². The summed E-state index contributed by atoms with van der Waals surface area (Å²) in [6, 6.07) is 1.70.